The number of nitrogens with zero attached hydrogens (tertiary/aromatic N) is 3. The number of carboxylic acids is 1. The van der Waals surface area contributed by atoms with Gasteiger partial charge in [-0.2, -0.15) is 13.2 Å². The molecule has 4 aliphatic rings. The van der Waals surface area contributed by atoms with Gasteiger partial charge in [-0.15, -0.1) is 0 Å². The van der Waals surface area contributed by atoms with Gasteiger partial charge in [-0.05, 0) is 43.4 Å². The molecule has 0 aromatic heterocycles. The minimum atomic E-state index is -4.54. The summed E-state index contributed by atoms with van der Waals surface area (Å²) in [5, 5.41) is 9.38. The first-order valence-corrected chi connectivity index (χ1v) is 14.4. The highest BCUT2D eigenvalue weighted by atomic mass is 19.4. The molecule has 222 valence electrons. The summed E-state index contributed by atoms with van der Waals surface area (Å²) < 4.78 is 62.7. The molecule has 7 nitrogen and oxygen atoms in total. The van der Waals surface area contributed by atoms with Crippen molar-refractivity contribution < 1.29 is 37.0 Å². The van der Waals surface area contributed by atoms with E-state index in [9.17, 15) is 27.9 Å². The van der Waals surface area contributed by atoms with E-state index in [2.05, 4.69) is 4.90 Å². The number of ether oxygens (including phenoxy) is 1. The molecule has 5 rings (SSSR count). The van der Waals surface area contributed by atoms with Crippen molar-refractivity contribution in [3.63, 3.8) is 0 Å². The lowest BCUT2D eigenvalue weighted by molar-refractivity contribution is -0.143. The van der Waals surface area contributed by atoms with E-state index in [0.29, 0.717) is 49.8 Å². The summed E-state index contributed by atoms with van der Waals surface area (Å²) in [6.45, 7) is 2.04. The van der Waals surface area contributed by atoms with Crippen LogP contribution >= 0.6 is 0 Å². The van der Waals surface area contributed by atoms with Crippen molar-refractivity contribution in [3.8, 4) is 0 Å². The van der Waals surface area contributed by atoms with E-state index in [-0.39, 0.29) is 44.5 Å². The molecule has 0 bridgehead atoms. The van der Waals surface area contributed by atoms with Crippen LogP contribution < -0.4 is 4.90 Å². The number of halogens is 4. The maximum absolute atomic E-state index is 16.1. The summed E-state index contributed by atoms with van der Waals surface area (Å²) >= 11 is 0. The van der Waals surface area contributed by atoms with Crippen LogP contribution in [0.3, 0.4) is 0 Å². The summed E-state index contributed by atoms with van der Waals surface area (Å²) in [5.74, 6) is -2.51. The predicted molar refractivity (Wildman–Crippen MR) is 141 cm³/mol. The number of hydrogen-bond acceptors (Lipinski definition) is 5. The number of carbonyl (C=O) groups excluding carboxylic acids is 1. The van der Waals surface area contributed by atoms with Gasteiger partial charge in [0.25, 0.3) is 5.91 Å². The van der Waals surface area contributed by atoms with Crippen LogP contribution in [0.15, 0.2) is 18.2 Å². The summed E-state index contributed by atoms with van der Waals surface area (Å²) in [6, 6.07) is 4.01. The zero-order valence-corrected chi connectivity index (χ0v) is 23.0. The molecule has 3 saturated heterocycles. The predicted octanol–water partition coefficient (Wildman–Crippen LogP) is 4.55. The Hall–Kier alpha value is -2.40. The van der Waals surface area contributed by atoms with Crippen LogP contribution in [0.4, 0.5) is 23.2 Å². The van der Waals surface area contributed by atoms with Crippen LogP contribution in [0.1, 0.15) is 62.0 Å². The van der Waals surface area contributed by atoms with Crippen molar-refractivity contribution in [3.05, 3.63) is 29.3 Å². The van der Waals surface area contributed by atoms with Gasteiger partial charge in [0.2, 0.25) is 5.67 Å². The molecule has 11 heteroatoms. The van der Waals surface area contributed by atoms with Crippen molar-refractivity contribution in [2.45, 2.75) is 68.8 Å². The number of amides is 1. The molecule has 40 heavy (non-hydrogen) atoms. The van der Waals surface area contributed by atoms with Crippen LogP contribution in [0.25, 0.3) is 0 Å². The Balaban J connectivity index is 1.39. The molecule has 1 aromatic rings. The number of aliphatic carboxylic acids is 1. The second kappa shape index (κ2) is 11.5. The van der Waals surface area contributed by atoms with Crippen molar-refractivity contribution in [1.29, 1.82) is 0 Å². The van der Waals surface area contributed by atoms with Gasteiger partial charge in [-0.25, -0.2) is 4.39 Å². The molecule has 1 amide bonds. The number of anilines is 1. The maximum atomic E-state index is 16.1. The van der Waals surface area contributed by atoms with E-state index in [1.165, 1.54) is 6.07 Å². The van der Waals surface area contributed by atoms with E-state index in [1.807, 2.05) is 4.90 Å². The van der Waals surface area contributed by atoms with Gasteiger partial charge in [-0.1, -0.05) is 18.9 Å². The van der Waals surface area contributed by atoms with Gasteiger partial charge in [0.05, 0.1) is 18.1 Å². The van der Waals surface area contributed by atoms with E-state index in [1.54, 1.807) is 12.0 Å². The molecule has 0 radical (unpaired) electrons. The number of alkyl halides is 4. The second-order valence-electron chi connectivity index (χ2n) is 12.0. The number of hydrogen-bond donors (Lipinski definition) is 1. The lowest BCUT2D eigenvalue weighted by Gasteiger charge is -2.35. The number of carboxylic acid groups (broad SMARTS) is 1. The number of methoxy groups -OCH3 is 1. The maximum Gasteiger partial charge on any atom is 0.416 e. The van der Waals surface area contributed by atoms with Crippen LogP contribution in [0.5, 0.6) is 0 Å². The summed E-state index contributed by atoms with van der Waals surface area (Å²) in [4.78, 5) is 30.5. The Morgan fingerprint density at radius 1 is 1.07 bits per heavy atom. The van der Waals surface area contributed by atoms with Crippen molar-refractivity contribution >= 4 is 17.6 Å². The number of rotatable bonds is 7. The zero-order chi connectivity index (χ0) is 28.7. The average Bonchev–Trinajstić information content (AvgIpc) is 3.68. The fourth-order valence-corrected chi connectivity index (χ4v) is 7.29. The minimum Gasteiger partial charge on any atom is -0.481 e. The summed E-state index contributed by atoms with van der Waals surface area (Å²) in [6.07, 6.45) is 0.619. The third-order valence-electron chi connectivity index (χ3n) is 9.52. The summed E-state index contributed by atoms with van der Waals surface area (Å²) in [5.41, 5.74) is -1.67. The molecule has 1 N–H and O–H groups in total. The molecule has 1 aliphatic carbocycles. The number of likely N-dealkylation sites (tertiary alicyclic amines) is 2. The van der Waals surface area contributed by atoms with Gasteiger partial charge >= 0.3 is 12.1 Å². The second-order valence-corrected chi connectivity index (χ2v) is 12.0. The van der Waals surface area contributed by atoms with Crippen LogP contribution in [-0.2, 0) is 20.5 Å². The van der Waals surface area contributed by atoms with E-state index in [4.69, 9.17) is 4.74 Å². The van der Waals surface area contributed by atoms with Crippen LogP contribution in [0.2, 0.25) is 0 Å². The third-order valence-corrected chi connectivity index (χ3v) is 9.52. The fourth-order valence-electron chi connectivity index (χ4n) is 7.29. The van der Waals surface area contributed by atoms with Crippen molar-refractivity contribution in [2.75, 3.05) is 57.9 Å². The first kappa shape index (κ1) is 29.1. The zero-order valence-electron chi connectivity index (χ0n) is 23.0. The van der Waals surface area contributed by atoms with E-state index >= 15 is 4.39 Å². The first-order valence-electron chi connectivity index (χ1n) is 14.4. The van der Waals surface area contributed by atoms with Crippen molar-refractivity contribution in [1.82, 2.24) is 9.80 Å². The SMILES string of the molecule is COC[C@H]1CN(C(=O)[C@@]2(F)CCN(C3CCCC3)C2)C[C@@H]1c1ccc(C(F)(F)F)cc1N1CCC(C(=O)O)CC1. The highest BCUT2D eigenvalue weighted by molar-refractivity contribution is 5.86. The van der Waals surface area contributed by atoms with Gasteiger partial charge in [-0.3, -0.25) is 14.5 Å². The van der Waals surface area contributed by atoms with Gasteiger partial charge < -0.3 is 19.6 Å². The van der Waals surface area contributed by atoms with Crippen LogP contribution in [-0.4, -0.2) is 91.5 Å². The highest BCUT2D eigenvalue weighted by Crippen LogP contribution is 2.43. The lowest BCUT2D eigenvalue weighted by atomic mass is 9.86. The molecule has 3 heterocycles. The monoisotopic (exact) mass is 569 g/mol. The Morgan fingerprint density at radius 3 is 2.40 bits per heavy atom. The lowest BCUT2D eigenvalue weighted by Crippen LogP contribution is -2.48. The average molecular weight is 570 g/mol. The topological polar surface area (TPSA) is 73.3 Å². The molecule has 4 fully saturated rings. The van der Waals surface area contributed by atoms with E-state index in [0.717, 1.165) is 37.8 Å². The molecule has 3 aliphatic heterocycles. The van der Waals surface area contributed by atoms with Crippen LogP contribution in [0, 0.1) is 11.8 Å². The smallest absolute Gasteiger partial charge is 0.416 e. The molecule has 1 aromatic carbocycles. The Kier molecular flexibility index (Phi) is 8.34. The van der Waals surface area contributed by atoms with Crippen molar-refractivity contribution in [2.24, 2.45) is 11.8 Å². The standard InChI is InChI=1S/C29H39F4N3O4/c1-40-17-20-15-36(27(39)28(30)10-13-35(18-28)22-4-2-3-5-22)16-24(20)23-7-6-21(29(31,32)33)14-25(23)34-11-8-19(9-12-34)26(37)38/h6-7,14,19-20,22,24H,2-5,8-13,15-18H2,1H3,(H,37,38)/t20-,24+,28-/m1/s1. The fraction of sp³-hybridized carbons (Fsp3) is 0.724. The quantitative estimate of drug-likeness (QED) is 0.486. The number of carbonyl (C=O) groups is 2. The Morgan fingerprint density at radius 2 is 1.77 bits per heavy atom. The molecule has 0 unspecified atom stereocenters. The molecular formula is C29H39F4N3O4. The number of piperidine rings is 1. The summed E-state index contributed by atoms with van der Waals surface area (Å²) in [7, 11) is 1.54. The third kappa shape index (κ3) is 5.82. The van der Waals surface area contributed by atoms with Gasteiger partial charge in [0, 0.05) is 76.4 Å². The van der Waals surface area contributed by atoms with Gasteiger partial charge in [0.1, 0.15) is 0 Å². The number of benzene rings is 1. The Labute approximate surface area is 232 Å². The highest BCUT2D eigenvalue weighted by Gasteiger charge is 2.51. The van der Waals surface area contributed by atoms with E-state index < -0.39 is 35.2 Å². The molecule has 0 spiro atoms. The molecule has 3 atom stereocenters. The molecular weight excluding hydrogens is 530 g/mol. The Bertz CT molecular complexity index is 1090. The normalized spacial score (nSPS) is 29.0. The van der Waals surface area contributed by atoms with Gasteiger partial charge in [0.15, 0.2) is 0 Å². The largest absolute Gasteiger partial charge is 0.481 e. The first-order chi connectivity index (χ1) is 19.0. The molecule has 1 saturated carbocycles. The minimum absolute atomic E-state index is 0.0939.